The monoisotopic (exact) mass is 801 g/mol. The molecule has 2 aliphatic carbocycles. The molecule has 0 aromatic heterocycles. The average molecular weight is 802 g/mol. The lowest BCUT2D eigenvalue weighted by atomic mass is 9.81. The molecule has 2 saturated carbocycles. The van der Waals surface area contributed by atoms with Crippen molar-refractivity contribution in [2.45, 2.75) is 114 Å². The van der Waals surface area contributed by atoms with Crippen LogP contribution in [0.2, 0.25) is 0 Å². The Bertz CT molecular complexity index is 2280. The topological polar surface area (TPSA) is 119 Å². The first kappa shape index (κ1) is 38.1. The van der Waals surface area contributed by atoms with E-state index < -0.39 is 29.8 Å². The molecule has 0 radical (unpaired) electrons. The molecule has 3 aliphatic heterocycles. The Labute approximate surface area is 341 Å². The van der Waals surface area contributed by atoms with Crippen LogP contribution in [0.4, 0.5) is 0 Å². The molecular weight excluding hydrogens is 755 g/mol. The fourth-order valence-electron chi connectivity index (χ4n) is 9.80. The average Bonchev–Trinajstić information content (AvgIpc) is 3.77. The van der Waals surface area contributed by atoms with Gasteiger partial charge in [-0.15, -0.1) is 0 Å². The molecule has 294 valence electrons. The zero-order valence-corrected chi connectivity index (χ0v) is 33.9. The summed E-state index contributed by atoms with van der Waals surface area (Å²) in [5.41, 5.74) is 1.31. The number of hydrogen-bond acceptors (Lipinski definition) is 9. The molecule has 3 fully saturated rings. The van der Waals surface area contributed by atoms with E-state index in [1.807, 2.05) is 74.8 Å². The van der Waals surface area contributed by atoms with Gasteiger partial charge in [-0.05, 0) is 95.6 Å². The first-order valence-corrected chi connectivity index (χ1v) is 21.9. The predicted molar refractivity (Wildman–Crippen MR) is 221 cm³/mol. The number of hydrogen-bond donors (Lipinski definition) is 2. The van der Waals surface area contributed by atoms with E-state index in [9.17, 15) is 4.79 Å². The molecule has 12 heteroatoms. The molecule has 5 atom stereocenters. The number of benzene rings is 4. The summed E-state index contributed by atoms with van der Waals surface area (Å²) in [5.74, 6) is -1.80. The lowest BCUT2D eigenvalue weighted by Gasteiger charge is -2.44. The van der Waals surface area contributed by atoms with Crippen molar-refractivity contribution in [1.82, 2.24) is 25.3 Å². The van der Waals surface area contributed by atoms with Gasteiger partial charge < -0.3 is 15.5 Å². The van der Waals surface area contributed by atoms with Crippen molar-refractivity contribution in [1.29, 1.82) is 0 Å². The number of imide groups is 2. The summed E-state index contributed by atoms with van der Waals surface area (Å²) in [4.78, 5) is 82.0. The Balaban J connectivity index is 1.25. The molecule has 0 unspecified atom stereocenters. The third-order valence-electron chi connectivity index (χ3n) is 12.5. The second-order valence-corrected chi connectivity index (χ2v) is 18.4. The van der Waals surface area contributed by atoms with Crippen LogP contribution in [-0.4, -0.2) is 95.1 Å². The lowest BCUT2D eigenvalue weighted by Crippen LogP contribution is -2.59. The van der Waals surface area contributed by atoms with E-state index in [1.54, 1.807) is 12.1 Å². The number of likely N-dealkylation sites (N-methyl/N-ethyl adjacent to an activating group) is 1. The summed E-state index contributed by atoms with van der Waals surface area (Å²) < 4.78 is 0. The first-order chi connectivity index (χ1) is 27.7. The second-order valence-electron chi connectivity index (χ2n) is 16.1. The Morgan fingerprint density at radius 2 is 1.16 bits per heavy atom. The normalized spacial score (nSPS) is 24.8. The molecule has 2 N–H and O–H groups in total. The number of rotatable bonds is 9. The molecule has 10 nitrogen and oxygen atoms in total. The Kier molecular flexibility index (Phi) is 10.5. The zero-order valence-electron chi connectivity index (χ0n) is 32.3. The molecule has 9 rings (SSSR count). The van der Waals surface area contributed by atoms with Crippen LogP contribution in [0.1, 0.15) is 106 Å². The Morgan fingerprint density at radius 1 is 0.649 bits per heavy atom. The van der Waals surface area contributed by atoms with Crippen LogP contribution in [0.5, 0.6) is 0 Å². The summed E-state index contributed by atoms with van der Waals surface area (Å²) in [6.45, 7) is 0.783. The highest BCUT2D eigenvalue weighted by atomic mass is 32.2. The van der Waals surface area contributed by atoms with Gasteiger partial charge in [0.05, 0.1) is 29.3 Å². The van der Waals surface area contributed by atoms with Crippen LogP contribution in [-0.2, 0) is 4.79 Å². The standard InChI is InChI=1S/C45H47N5O5S2/c1-48(2)33-21-11-12-22-34(33)50-43(53)29-25-35(56-26-14-5-3-6-15-26)39-37-28(24-36(40(38(29)37)45(50)55)57-27-16-7-4-8-17-27)42(52)49(44(39)54)32-20-10-9-18-30(32)47-41(51)31-19-13-23-46-31/h3-8,14-17,24-25,30-34,46H,9-13,18-23H2,1-2H3,(H,47,51)/t30-,31+,32-,33-,34-/m1/s1. The number of carbonyl (C=O) groups excluding carboxylic acids is 5. The minimum atomic E-state index is -0.563. The molecule has 0 spiro atoms. The minimum absolute atomic E-state index is 0.00499. The highest BCUT2D eigenvalue weighted by Crippen LogP contribution is 2.49. The van der Waals surface area contributed by atoms with Gasteiger partial charge in [0.25, 0.3) is 23.6 Å². The smallest absolute Gasteiger partial charge is 0.262 e. The minimum Gasteiger partial charge on any atom is -0.350 e. The van der Waals surface area contributed by atoms with Gasteiger partial charge in [0.15, 0.2) is 0 Å². The fraction of sp³-hybridized carbons (Fsp3) is 0.400. The van der Waals surface area contributed by atoms with Gasteiger partial charge in [0, 0.05) is 53.6 Å². The van der Waals surface area contributed by atoms with Crippen molar-refractivity contribution in [2.75, 3.05) is 20.6 Å². The molecule has 5 amide bonds. The largest absolute Gasteiger partial charge is 0.350 e. The SMILES string of the molecule is CN(C)[C@@H]1CCCC[C@H]1N1C(=O)c2cc(Sc3ccccc3)c3c4c(cc(Sc5ccccc5)c(c24)C1=O)C(=O)N([C@@H]1CCCC[C@H]1NC(=O)[C@@H]1CCCN1)C3=O. The predicted octanol–water partition coefficient (Wildman–Crippen LogP) is 7.39. The first-order valence-electron chi connectivity index (χ1n) is 20.3. The maximum atomic E-state index is 15.3. The van der Waals surface area contributed by atoms with Crippen molar-refractivity contribution in [3.63, 3.8) is 0 Å². The van der Waals surface area contributed by atoms with E-state index >= 15 is 19.2 Å². The number of carbonyl (C=O) groups is 5. The fourth-order valence-corrected chi connectivity index (χ4v) is 11.8. The molecule has 1 saturated heterocycles. The van der Waals surface area contributed by atoms with Crippen LogP contribution >= 0.6 is 23.5 Å². The van der Waals surface area contributed by atoms with Crippen LogP contribution < -0.4 is 10.6 Å². The van der Waals surface area contributed by atoms with Crippen molar-refractivity contribution >= 4 is 63.8 Å². The van der Waals surface area contributed by atoms with Gasteiger partial charge in [0.1, 0.15) is 0 Å². The molecule has 4 aromatic carbocycles. The van der Waals surface area contributed by atoms with Crippen molar-refractivity contribution in [3.05, 3.63) is 95.1 Å². The van der Waals surface area contributed by atoms with E-state index in [0.717, 1.165) is 61.3 Å². The summed E-state index contributed by atoms with van der Waals surface area (Å²) in [6, 6.07) is 21.4. The summed E-state index contributed by atoms with van der Waals surface area (Å²) in [7, 11) is 4.01. The summed E-state index contributed by atoms with van der Waals surface area (Å²) in [6.07, 6.45) is 8.05. The summed E-state index contributed by atoms with van der Waals surface area (Å²) >= 11 is 2.78. The van der Waals surface area contributed by atoms with Gasteiger partial charge in [-0.3, -0.25) is 33.8 Å². The second kappa shape index (κ2) is 15.7. The quantitative estimate of drug-likeness (QED) is 0.167. The number of amides is 5. The molecular formula is C45H47N5O5S2. The Morgan fingerprint density at radius 3 is 1.68 bits per heavy atom. The van der Waals surface area contributed by atoms with Crippen molar-refractivity contribution < 1.29 is 24.0 Å². The van der Waals surface area contributed by atoms with E-state index in [-0.39, 0.29) is 29.9 Å². The lowest BCUT2D eigenvalue weighted by molar-refractivity contribution is -0.124. The number of nitrogens with zero attached hydrogens (tertiary/aromatic N) is 3. The van der Waals surface area contributed by atoms with Crippen molar-refractivity contribution in [2.24, 2.45) is 0 Å². The zero-order chi connectivity index (χ0) is 39.4. The van der Waals surface area contributed by atoms with Gasteiger partial charge in [-0.1, -0.05) is 85.6 Å². The van der Waals surface area contributed by atoms with E-state index in [0.29, 0.717) is 62.1 Å². The maximum absolute atomic E-state index is 15.3. The van der Waals surface area contributed by atoms with Crippen LogP contribution in [0, 0.1) is 0 Å². The van der Waals surface area contributed by atoms with Crippen LogP contribution in [0.25, 0.3) is 10.8 Å². The van der Waals surface area contributed by atoms with Crippen LogP contribution in [0.15, 0.2) is 92.4 Å². The van der Waals surface area contributed by atoms with Gasteiger partial charge in [0.2, 0.25) is 5.91 Å². The molecule has 5 aliphatic rings. The third-order valence-corrected chi connectivity index (χ3v) is 14.6. The highest BCUT2D eigenvalue weighted by molar-refractivity contribution is 7.99. The molecule has 0 bridgehead atoms. The van der Waals surface area contributed by atoms with E-state index in [1.165, 1.54) is 33.3 Å². The Hall–Kier alpha value is -4.49. The summed E-state index contributed by atoms with van der Waals surface area (Å²) in [5, 5.41) is 7.26. The van der Waals surface area contributed by atoms with Gasteiger partial charge in [-0.25, -0.2) is 0 Å². The molecule has 4 aromatic rings. The van der Waals surface area contributed by atoms with Gasteiger partial charge >= 0.3 is 0 Å². The van der Waals surface area contributed by atoms with E-state index in [2.05, 4.69) is 15.5 Å². The molecule has 3 heterocycles. The molecule has 57 heavy (non-hydrogen) atoms. The van der Waals surface area contributed by atoms with Crippen LogP contribution in [0.3, 0.4) is 0 Å². The third kappa shape index (κ3) is 6.78. The maximum Gasteiger partial charge on any atom is 0.262 e. The number of nitrogens with one attached hydrogen (secondary N) is 2. The van der Waals surface area contributed by atoms with Crippen molar-refractivity contribution in [3.8, 4) is 0 Å². The van der Waals surface area contributed by atoms with E-state index in [4.69, 9.17) is 0 Å². The van der Waals surface area contributed by atoms with Gasteiger partial charge in [-0.2, -0.15) is 0 Å². The highest BCUT2D eigenvalue weighted by Gasteiger charge is 2.49.